The predicted molar refractivity (Wildman–Crippen MR) is 111 cm³/mol. The Morgan fingerprint density at radius 1 is 1.19 bits per heavy atom. The van der Waals surface area contributed by atoms with Crippen LogP contribution in [-0.4, -0.2) is 27.8 Å². The second-order valence-electron chi connectivity index (χ2n) is 7.66. The van der Waals surface area contributed by atoms with E-state index in [9.17, 15) is 0 Å². The molecule has 2 aliphatic rings. The van der Waals surface area contributed by atoms with E-state index in [1.54, 1.807) is 11.3 Å². The van der Waals surface area contributed by atoms with Crippen LogP contribution >= 0.6 is 23.6 Å². The fourth-order valence-electron chi connectivity index (χ4n) is 4.37. The van der Waals surface area contributed by atoms with E-state index in [0.717, 1.165) is 15.8 Å². The maximum absolute atomic E-state index is 5.59. The second-order valence-corrected chi connectivity index (χ2v) is 9.28. The van der Waals surface area contributed by atoms with Gasteiger partial charge < -0.3 is 5.32 Å². The van der Waals surface area contributed by atoms with Crippen molar-refractivity contribution in [2.24, 2.45) is 0 Å². The lowest BCUT2D eigenvalue weighted by molar-refractivity contribution is 0.166. The molecular weight excluding hydrogens is 360 g/mol. The summed E-state index contributed by atoms with van der Waals surface area (Å²) < 4.78 is 2.85. The normalized spacial score (nSPS) is 20.9. The maximum Gasteiger partial charge on any atom is 0.204 e. The fourth-order valence-corrected chi connectivity index (χ4v) is 5.44. The van der Waals surface area contributed by atoms with E-state index >= 15 is 0 Å². The highest BCUT2D eigenvalue weighted by molar-refractivity contribution is 7.73. The van der Waals surface area contributed by atoms with Crippen LogP contribution in [0.4, 0.5) is 5.13 Å². The zero-order valence-electron chi connectivity index (χ0n) is 15.5. The minimum absolute atomic E-state index is 0.457. The molecule has 0 spiro atoms. The van der Waals surface area contributed by atoms with Gasteiger partial charge in [-0.2, -0.15) is 0 Å². The van der Waals surface area contributed by atoms with Crippen molar-refractivity contribution in [3.05, 3.63) is 39.3 Å². The third kappa shape index (κ3) is 4.02. The van der Waals surface area contributed by atoms with Crippen LogP contribution in [0.3, 0.4) is 0 Å². The van der Waals surface area contributed by atoms with E-state index in [1.165, 1.54) is 62.5 Å². The van der Waals surface area contributed by atoms with Gasteiger partial charge in [0.25, 0.3) is 0 Å². The van der Waals surface area contributed by atoms with Gasteiger partial charge in [0, 0.05) is 12.1 Å². The molecule has 4 nitrogen and oxygen atoms in total. The SMILES string of the molecule is CN(Cn1nc(NC2CCCCC2)sc1=S)C1CCCc2ccccc21. The van der Waals surface area contributed by atoms with E-state index in [4.69, 9.17) is 17.3 Å². The molecule has 1 saturated carbocycles. The number of aromatic nitrogens is 2. The van der Waals surface area contributed by atoms with E-state index in [1.807, 2.05) is 4.68 Å². The predicted octanol–water partition coefficient (Wildman–Crippen LogP) is 5.39. The third-order valence-corrected chi connectivity index (χ3v) is 7.00. The minimum atomic E-state index is 0.457. The van der Waals surface area contributed by atoms with E-state index in [0.29, 0.717) is 12.1 Å². The summed E-state index contributed by atoms with van der Waals surface area (Å²) in [6.07, 6.45) is 10.2. The molecule has 0 aliphatic heterocycles. The Labute approximate surface area is 165 Å². The van der Waals surface area contributed by atoms with Crippen LogP contribution in [-0.2, 0) is 13.1 Å². The van der Waals surface area contributed by atoms with Gasteiger partial charge in [0.2, 0.25) is 5.13 Å². The average molecular weight is 389 g/mol. The Bertz CT molecular complexity index is 791. The van der Waals surface area contributed by atoms with Crippen molar-refractivity contribution in [2.45, 2.75) is 70.1 Å². The number of nitrogens with zero attached hydrogens (tertiary/aromatic N) is 3. The molecule has 1 atom stereocenters. The third-order valence-electron chi connectivity index (χ3n) is 5.77. The second kappa shape index (κ2) is 8.19. The van der Waals surface area contributed by atoms with Gasteiger partial charge in [0.15, 0.2) is 3.95 Å². The van der Waals surface area contributed by atoms with Crippen LogP contribution in [0.2, 0.25) is 0 Å². The van der Waals surface area contributed by atoms with Crippen molar-refractivity contribution < 1.29 is 0 Å². The summed E-state index contributed by atoms with van der Waals surface area (Å²) in [6.45, 7) is 0.751. The lowest BCUT2D eigenvalue weighted by atomic mass is 9.87. The lowest BCUT2D eigenvalue weighted by Crippen LogP contribution is -2.30. The fraction of sp³-hybridized carbons (Fsp3) is 0.600. The van der Waals surface area contributed by atoms with Crippen molar-refractivity contribution in [2.75, 3.05) is 12.4 Å². The number of anilines is 1. The molecule has 1 aromatic carbocycles. The number of hydrogen-bond donors (Lipinski definition) is 1. The number of fused-ring (bicyclic) bond motifs is 1. The summed E-state index contributed by atoms with van der Waals surface area (Å²) in [5.41, 5.74) is 2.97. The highest BCUT2D eigenvalue weighted by Gasteiger charge is 2.24. The number of benzene rings is 1. The van der Waals surface area contributed by atoms with Crippen LogP contribution in [0.25, 0.3) is 0 Å². The van der Waals surface area contributed by atoms with Crippen LogP contribution in [0.5, 0.6) is 0 Å². The molecule has 0 amide bonds. The van der Waals surface area contributed by atoms with Gasteiger partial charge in [0.1, 0.15) is 0 Å². The van der Waals surface area contributed by atoms with Crippen molar-refractivity contribution >= 4 is 28.7 Å². The van der Waals surface area contributed by atoms with Gasteiger partial charge in [-0.05, 0) is 62.5 Å². The molecule has 0 saturated heterocycles. The van der Waals surface area contributed by atoms with E-state index in [2.05, 4.69) is 41.5 Å². The van der Waals surface area contributed by atoms with Gasteiger partial charge in [0.05, 0.1) is 6.67 Å². The highest BCUT2D eigenvalue weighted by Crippen LogP contribution is 2.34. The molecule has 2 aromatic rings. The Balaban J connectivity index is 1.45. The number of aryl methyl sites for hydroxylation is 1. The number of nitrogens with one attached hydrogen (secondary N) is 1. The zero-order chi connectivity index (χ0) is 17.9. The Morgan fingerprint density at radius 2 is 2.00 bits per heavy atom. The van der Waals surface area contributed by atoms with Crippen LogP contribution in [0.1, 0.15) is 62.1 Å². The van der Waals surface area contributed by atoms with Crippen molar-refractivity contribution in [3.63, 3.8) is 0 Å². The topological polar surface area (TPSA) is 33.1 Å². The zero-order valence-corrected chi connectivity index (χ0v) is 17.1. The smallest absolute Gasteiger partial charge is 0.204 e. The molecule has 4 rings (SSSR count). The summed E-state index contributed by atoms with van der Waals surface area (Å²) in [5.74, 6) is 0. The Kier molecular flexibility index (Phi) is 5.72. The van der Waals surface area contributed by atoms with Gasteiger partial charge >= 0.3 is 0 Å². The first kappa shape index (κ1) is 18.1. The van der Waals surface area contributed by atoms with Gasteiger partial charge in [-0.1, -0.05) is 54.9 Å². The first-order valence-electron chi connectivity index (χ1n) is 9.83. The van der Waals surface area contributed by atoms with Crippen LogP contribution in [0.15, 0.2) is 24.3 Å². The van der Waals surface area contributed by atoms with Crippen LogP contribution in [0, 0.1) is 3.95 Å². The molecule has 2 aliphatic carbocycles. The van der Waals surface area contributed by atoms with Gasteiger partial charge in [-0.25, -0.2) is 4.68 Å². The molecule has 1 fully saturated rings. The Hall–Kier alpha value is -1.24. The summed E-state index contributed by atoms with van der Waals surface area (Å²) in [4.78, 5) is 2.40. The molecule has 1 unspecified atom stereocenters. The first-order chi connectivity index (χ1) is 12.7. The summed E-state index contributed by atoms with van der Waals surface area (Å²) in [6, 6.07) is 9.90. The van der Waals surface area contributed by atoms with Gasteiger partial charge in [-0.3, -0.25) is 4.90 Å². The monoisotopic (exact) mass is 388 g/mol. The van der Waals surface area contributed by atoms with Crippen molar-refractivity contribution in [1.82, 2.24) is 14.7 Å². The lowest BCUT2D eigenvalue weighted by Gasteiger charge is -2.33. The molecule has 1 heterocycles. The quantitative estimate of drug-likeness (QED) is 0.697. The summed E-state index contributed by atoms with van der Waals surface area (Å²) in [5, 5.41) is 9.37. The molecule has 6 heteroatoms. The largest absolute Gasteiger partial charge is 0.357 e. The standard InChI is InChI=1S/C20H28N4S2/c1-23(18-13-7-9-15-8-5-6-12-17(15)18)14-24-20(25)26-19(22-24)21-16-10-3-2-4-11-16/h5-6,8,12,16,18H,2-4,7,9-11,13-14H2,1H3,(H,21,22). The molecule has 140 valence electrons. The minimum Gasteiger partial charge on any atom is -0.357 e. The summed E-state index contributed by atoms with van der Waals surface area (Å²) in [7, 11) is 2.20. The average Bonchev–Trinajstić information content (AvgIpc) is 3.01. The summed E-state index contributed by atoms with van der Waals surface area (Å²) >= 11 is 7.20. The number of hydrogen-bond acceptors (Lipinski definition) is 5. The Morgan fingerprint density at radius 3 is 2.85 bits per heavy atom. The molecular formula is C20H28N4S2. The molecule has 0 radical (unpaired) electrons. The first-order valence-corrected chi connectivity index (χ1v) is 11.1. The maximum atomic E-state index is 5.59. The molecule has 0 bridgehead atoms. The highest BCUT2D eigenvalue weighted by atomic mass is 32.1. The number of rotatable bonds is 5. The molecule has 26 heavy (non-hydrogen) atoms. The molecule has 1 N–H and O–H groups in total. The van der Waals surface area contributed by atoms with Crippen molar-refractivity contribution in [3.8, 4) is 0 Å². The molecule has 1 aromatic heterocycles. The van der Waals surface area contributed by atoms with Gasteiger partial charge in [-0.15, -0.1) is 5.10 Å². The van der Waals surface area contributed by atoms with E-state index in [-0.39, 0.29) is 0 Å². The van der Waals surface area contributed by atoms with Crippen LogP contribution < -0.4 is 5.32 Å². The van der Waals surface area contributed by atoms with Crippen molar-refractivity contribution in [1.29, 1.82) is 0 Å². The van der Waals surface area contributed by atoms with E-state index < -0.39 is 0 Å².